The standard InChI is InChI=1S/C19H20Br2O/c1-18(2,13-5-9-15(20)10-6-13)17(22)19(3,4)14-7-11-16(21)12-8-14/h5-12H,1-4H3. The van der Waals surface area contributed by atoms with Crippen molar-refractivity contribution < 1.29 is 4.79 Å². The highest BCUT2D eigenvalue weighted by Gasteiger charge is 2.41. The van der Waals surface area contributed by atoms with E-state index in [1.54, 1.807) is 0 Å². The van der Waals surface area contributed by atoms with Crippen molar-refractivity contribution in [2.45, 2.75) is 38.5 Å². The largest absolute Gasteiger partial charge is 0.298 e. The maximum Gasteiger partial charge on any atom is 0.152 e. The number of Topliss-reactive ketones (excluding diaryl/α,β-unsaturated/α-hetero) is 1. The van der Waals surface area contributed by atoms with Gasteiger partial charge in [0, 0.05) is 19.8 Å². The molecule has 3 heteroatoms. The summed E-state index contributed by atoms with van der Waals surface area (Å²) in [6, 6.07) is 16.0. The van der Waals surface area contributed by atoms with Crippen LogP contribution in [0, 0.1) is 0 Å². The molecule has 0 heterocycles. The maximum atomic E-state index is 13.2. The van der Waals surface area contributed by atoms with Crippen molar-refractivity contribution in [3.05, 3.63) is 68.6 Å². The van der Waals surface area contributed by atoms with Crippen molar-refractivity contribution >= 4 is 37.6 Å². The molecule has 0 fully saturated rings. The summed E-state index contributed by atoms with van der Waals surface area (Å²) in [7, 11) is 0. The van der Waals surface area contributed by atoms with Crippen LogP contribution in [0.4, 0.5) is 0 Å². The molecule has 0 saturated carbocycles. The van der Waals surface area contributed by atoms with E-state index < -0.39 is 10.8 Å². The lowest BCUT2D eigenvalue weighted by atomic mass is 9.67. The van der Waals surface area contributed by atoms with Gasteiger partial charge in [-0.15, -0.1) is 0 Å². The van der Waals surface area contributed by atoms with Gasteiger partial charge >= 0.3 is 0 Å². The molecule has 2 aromatic carbocycles. The molecule has 0 amide bonds. The molecule has 0 N–H and O–H groups in total. The molecule has 0 radical (unpaired) electrons. The number of rotatable bonds is 4. The van der Waals surface area contributed by atoms with Crippen molar-refractivity contribution in [3.8, 4) is 0 Å². The molecule has 0 saturated heterocycles. The number of halogens is 2. The number of hydrogen-bond acceptors (Lipinski definition) is 1. The Hall–Kier alpha value is -0.930. The van der Waals surface area contributed by atoms with Gasteiger partial charge in [0.2, 0.25) is 0 Å². The topological polar surface area (TPSA) is 17.1 Å². The van der Waals surface area contributed by atoms with Crippen molar-refractivity contribution in [3.63, 3.8) is 0 Å². The molecule has 22 heavy (non-hydrogen) atoms. The van der Waals surface area contributed by atoms with Gasteiger partial charge in [0.15, 0.2) is 5.78 Å². The van der Waals surface area contributed by atoms with E-state index in [1.807, 2.05) is 76.2 Å². The van der Waals surface area contributed by atoms with Gasteiger partial charge in [-0.1, -0.05) is 56.1 Å². The predicted molar refractivity (Wildman–Crippen MR) is 99.3 cm³/mol. The van der Waals surface area contributed by atoms with Crippen molar-refractivity contribution in [2.24, 2.45) is 0 Å². The summed E-state index contributed by atoms with van der Waals surface area (Å²) in [4.78, 5) is 13.2. The summed E-state index contributed by atoms with van der Waals surface area (Å²) in [5, 5.41) is 0. The first kappa shape index (κ1) is 17.4. The summed E-state index contributed by atoms with van der Waals surface area (Å²) in [5.74, 6) is 0.213. The number of carbonyl (C=O) groups is 1. The molecule has 0 spiro atoms. The molecule has 0 bridgehead atoms. The molecule has 0 aliphatic heterocycles. The lowest BCUT2D eigenvalue weighted by molar-refractivity contribution is -0.128. The van der Waals surface area contributed by atoms with Gasteiger partial charge < -0.3 is 0 Å². The summed E-state index contributed by atoms with van der Waals surface area (Å²) >= 11 is 6.89. The minimum Gasteiger partial charge on any atom is -0.298 e. The minimum atomic E-state index is -0.544. The zero-order chi connectivity index (χ0) is 16.5. The van der Waals surface area contributed by atoms with Crippen LogP contribution in [0.25, 0.3) is 0 Å². The fourth-order valence-corrected chi connectivity index (χ4v) is 3.31. The molecule has 2 rings (SSSR count). The Bertz CT molecular complexity index is 608. The van der Waals surface area contributed by atoms with Crippen LogP contribution in [0.3, 0.4) is 0 Å². The Morgan fingerprint density at radius 3 is 1.23 bits per heavy atom. The quantitative estimate of drug-likeness (QED) is 0.586. The average Bonchev–Trinajstić information content (AvgIpc) is 2.47. The third kappa shape index (κ3) is 3.36. The Morgan fingerprint density at radius 1 is 0.682 bits per heavy atom. The van der Waals surface area contributed by atoms with E-state index in [1.165, 1.54) is 0 Å². The summed E-state index contributed by atoms with van der Waals surface area (Å²) in [5.41, 5.74) is 0.978. The fraction of sp³-hybridized carbons (Fsp3) is 0.316. The molecule has 116 valence electrons. The van der Waals surface area contributed by atoms with E-state index in [2.05, 4.69) is 31.9 Å². The first-order chi connectivity index (χ1) is 10.2. The molecular weight excluding hydrogens is 404 g/mol. The van der Waals surface area contributed by atoms with E-state index >= 15 is 0 Å². The van der Waals surface area contributed by atoms with Gasteiger partial charge in [-0.2, -0.15) is 0 Å². The van der Waals surface area contributed by atoms with Crippen LogP contribution in [0.1, 0.15) is 38.8 Å². The smallest absolute Gasteiger partial charge is 0.152 e. The molecule has 2 aromatic rings. The van der Waals surface area contributed by atoms with Gasteiger partial charge in [0.1, 0.15) is 0 Å². The van der Waals surface area contributed by atoms with E-state index in [9.17, 15) is 4.79 Å². The summed E-state index contributed by atoms with van der Waals surface area (Å²) < 4.78 is 2.04. The number of ketones is 1. The average molecular weight is 424 g/mol. The molecule has 1 nitrogen and oxygen atoms in total. The molecule has 0 atom stereocenters. The predicted octanol–water partition coefficient (Wildman–Crippen LogP) is 6.04. The molecule has 0 aliphatic carbocycles. The third-order valence-corrected chi connectivity index (χ3v) is 5.32. The van der Waals surface area contributed by atoms with Crippen molar-refractivity contribution in [1.82, 2.24) is 0 Å². The molecule has 0 aromatic heterocycles. The maximum absolute atomic E-state index is 13.2. The highest BCUT2D eigenvalue weighted by Crippen LogP contribution is 2.36. The first-order valence-corrected chi connectivity index (χ1v) is 8.81. The summed E-state index contributed by atoms with van der Waals surface area (Å²) in [6.45, 7) is 8.00. The molecule has 0 unspecified atom stereocenters. The number of carbonyl (C=O) groups excluding carboxylic acids is 1. The second-order valence-corrected chi connectivity index (χ2v) is 8.42. The second-order valence-electron chi connectivity index (χ2n) is 6.59. The van der Waals surface area contributed by atoms with Gasteiger partial charge in [0.25, 0.3) is 0 Å². The molecule has 0 aliphatic rings. The zero-order valence-corrected chi connectivity index (χ0v) is 16.5. The monoisotopic (exact) mass is 422 g/mol. The van der Waals surface area contributed by atoms with Crippen molar-refractivity contribution in [1.29, 1.82) is 0 Å². The van der Waals surface area contributed by atoms with E-state index in [4.69, 9.17) is 0 Å². The van der Waals surface area contributed by atoms with Gasteiger partial charge in [-0.05, 0) is 63.1 Å². The van der Waals surface area contributed by atoms with Crippen LogP contribution in [-0.4, -0.2) is 5.78 Å². The van der Waals surface area contributed by atoms with Crippen LogP contribution in [0.15, 0.2) is 57.5 Å². The second kappa shape index (κ2) is 6.29. The normalized spacial score (nSPS) is 12.3. The van der Waals surface area contributed by atoms with E-state index in [0.29, 0.717) is 0 Å². The minimum absolute atomic E-state index is 0.213. The zero-order valence-electron chi connectivity index (χ0n) is 13.3. The van der Waals surface area contributed by atoms with Crippen LogP contribution >= 0.6 is 31.9 Å². The Balaban J connectivity index is 2.39. The Morgan fingerprint density at radius 2 is 0.955 bits per heavy atom. The first-order valence-electron chi connectivity index (χ1n) is 7.22. The van der Waals surface area contributed by atoms with E-state index in [0.717, 1.165) is 20.1 Å². The van der Waals surface area contributed by atoms with Gasteiger partial charge in [-0.25, -0.2) is 0 Å². The highest BCUT2D eigenvalue weighted by molar-refractivity contribution is 9.10. The SMILES string of the molecule is CC(C)(C(=O)C(C)(C)c1ccc(Br)cc1)c1ccc(Br)cc1. The number of hydrogen-bond donors (Lipinski definition) is 0. The third-order valence-electron chi connectivity index (χ3n) is 4.27. The lowest BCUT2D eigenvalue weighted by Crippen LogP contribution is -2.42. The van der Waals surface area contributed by atoms with Crippen LogP contribution in [0.5, 0.6) is 0 Å². The highest BCUT2D eigenvalue weighted by atomic mass is 79.9. The fourth-order valence-electron chi connectivity index (χ4n) is 2.78. The van der Waals surface area contributed by atoms with Gasteiger partial charge in [-0.3, -0.25) is 4.79 Å². The molecular formula is C19H20Br2O. The van der Waals surface area contributed by atoms with Crippen LogP contribution in [-0.2, 0) is 15.6 Å². The van der Waals surface area contributed by atoms with Crippen LogP contribution < -0.4 is 0 Å². The lowest BCUT2D eigenvalue weighted by Gasteiger charge is -2.34. The van der Waals surface area contributed by atoms with Gasteiger partial charge in [0.05, 0.1) is 0 Å². The van der Waals surface area contributed by atoms with Crippen LogP contribution in [0.2, 0.25) is 0 Å². The summed E-state index contributed by atoms with van der Waals surface area (Å²) in [6.07, 6.45) is 0. The Labute approximate surface area is 149 Å². The number of benzene rings is 2. The Kier molecular flexibility index (Phi) is 4.98. The van der Waals surface area contributed by atoms with Crippen molar-refractivity contribution in [2.75, 3.05) is 0 Å². The van der Waals surface area contributed by atoms with E-state index in [-0.39, 0.29) is 5.78 Å².